The van der Waals surface area contributed by atoms with Crippen LogP contribution >= 0.6 is 0 Å². The Morgan fingerprint density at radius 2 is 1.20 bits per heavy atom. The standard InChI is InChI=1S/C23H23N3O4/c27-20(10-11-26-22(29)18-8-4-5-9-19(18)23(26)30)24-12-14-25(15-13-24)21(28)16-17-6-2-1-3-7-17/h1-9H,10-16H2. The van der Waals surface area contributed by atoms with Gasteiger partial charge in [-0.1, -0.05) is 42.5 Å². The average molecular weight is 405 g/mol. The largest absolute Gasteiger partial charge is 0.339 e. The van der Waals surface area contributed by atoms with Crippen LogP contribution in [0, 0.1) is 0 Å². The van der Waals surface area contributed by atoms with Gasteiger partial charge >= 0.3 is 0 Å². The Balaban J connectivity index is 1.26. The molecule has 0 saturated carbocycles. The normalized spacial score (nSPS) is 16.1. The lowest BCUT2D eigenvalue weighted by Crippen LogP contribution is -2.51. The van der Waals surface area contributed by atoms with E-state index < -0.39 is 0 Å². The fourth-order valence-corrected chi connectivity index (χ4v) is 3.90. The van der Waals surface area contributed by atoms with Gasteiger partial charge in [0.05, 0.1) is 17.5 Å². The summed E-state index contributed by atoms with van der Waals surface area (Å²) in [6.07, 6.45) is 0.442. The van der Waals surface area contributed by atoms with Crippen LogP contribution in [0.25, 0.3) is 0 Å². The molecule has 30 heavy (non-hydrogen) atoms. The van der Waals surface area contributed by atoms with Crippen molar-refractivity contribution >= 4 is 23.6 Å². The minimum atomic E-state index is -0.347. The topological polar surface area (TPSA) is 78.0 Å². The number of piperazine rings is 1. The third-order valence-electron chi connectivity index (χ3n) is 5.61. The van der Waals surface area contributed by atoms with Gasteiger partial charge in [0.25, 0.3) is 11.8 Å². The summed E-state index contributed by atoms with van der Waals surface area (Å²) < 4.78 is 0. The number of rotatable bonds is 5. The van der Waals surface area contributed by atoms with Crippen molar-refractivity contribution in [2.45, 2.75) is 12.8 Å². The highest BCUT2D eigenvalue weighted by Crippen LogP contribution is 2.22. The maximum atomic E-state index is 12.6. The molecule has 2 aromatic rings. The van der Waals surface area contributed by atoms with Crippen LogP contribution in [0.4, 0.5) is 0 Å². The highest BCUT2D eigenvalue weighted by molar-refractivity contribution is 6.21. The van der Waals surface area contributed by atoms with Gasteiger partial charge in [-0.05, 0) is 17.7 Å². The molecule has 4 amide bonds. The average Bonchev–Trinajstić information content (AvgIpc) is 3.03. The molecule has 1 saturated heterocycles. The first kappa shape index (κ1) is 19.8. The van der Waals surface area contributed by atoms with Gasteiger partial charge in [0.2, 0.25) is 11.8 Å². The molecule has 0 atom stereocenters. The Bertz CT molecular complexity index is 946. The predicted molar refractivity (Wildman–Crippen MR) is 110 cm³/mol. The van der Waals surface area contributed by atoms with E-state index in [4.69, 9.17) is 0 Å². The summed E-state index contributed by atoms with van der Waals surface area (Å²) in [6.45, 7) is 1.97. The summed E-state index contributed by atoms with van der Waals surface area (Å²) >= 11 is 0. The first-order valence-electron chi connectivity index (χ1n) is 10.1. The van der Waals surface area contributed by atoms with Crippen molar-refractivity contribution in [2.24, 2.45) is 0 Å². The third kappa shape index (κ3) is 3.96. The molecule has 0 radical (unpaired) electrons. The summed E-state index contributed by atoms with van der Waals surface area (Å²) in [4.78, 5) is 54.5. The maximum Gasteiger partial charge on any atom is 0.261 e. The highest BCUT2D eigenvalue weighted by atomic mass is 16.2. The van der Waals surface area contributed by atoms with Gasteiger partial charge in [-0.2, -0.15) is 0 Å². The van der Waals surface area contributed by atoms with Crippen molar-refractivity contribution in [1.82, 2.24) is 14.7 Å². The molecule has 154 valence electrons. The minimum Gasteiger partial charge on any atom is -0.339 e. The molecular formula is C23H23N3O4. The number of hydrogen-bond acceptors (Lipinski definition) is 4. The Hall–Kier alpha value is -3.48. The summed E-state index contributed by atoms with van der Waals surface area (Å²) in [5.41, 5.74) is 1.75. The Morgan fingerprint density at radius 3 is 1.77 bits per heavy atom. The van der Waals surface area contributed by atoms with Gasteiger partial charge in [-0.25, -0.2) is 0 Å². The summed E-state index contributed by atoms with van der Waals surface area (Å²) in [5.74, 6) is -0.750. The number of carbonyl (C=O) groups is 4. The van der Waals surface area contributed by atoms with Gasteiger partial charge in [-0.3, -0.25) is 24.1 Å². The van der Waals surface area contributed by atoms with E-state index in [-0.39, 0.29) is 36.6 Å². The van der Waals surface area contributed by atoms with E-state index >= 15 is 0 Å². The number of imide groups is 1. The molecule has 7 nitrogen and oxygen atoms in total. The molecule has 0 spiro atoms. The quantitative estimate of drug-likeness (QED) is 0.708. The fourth-order valence-electron chi connectivity index (χ4n) is 3.90. The van der Waals surface area contributed by atoms with E-state index in [0.717, 1.165) is 10.5 Å². The van der Waals surface area contributed by atoms with Crippen molar-refractivity contribution in [3.05, 3.63) is 71.3 Å². The molecule has 0 N–H and O–H groups in total. The van der Waals surface area contributed by atoms with Crippen LogP contribution in [-0.2, 0) is 16.0 Å². The molecule has 2 aliphatic heterocycles. The van der Waals surface area contributed by atoms with Crippen LogP contribution in [-0.4, -0.2) is 71.1 Å². The molecule has 2 heterocycles. The molecular weight excluding hydrogens is 382 g/mol. The van der Waals surface area contributed by atoms with Crippen LogP contribution in [0.5, 0.6) is 0 Å². The number of carbonyl (C=O) groups excluding carboxylic acids is 4. The molecule has 4 rings (SSSR count). The summed E-state index contributed by atoms with van der Waals surface area (Å²) in [6, 6.07) is 16.3. The minimum absolute atomic E-state index is 0.0549. The molecule has 7 heteroatoms. The number of hydrogen-bond donors (Lipinski definition) is 0. The molecule has 2 aromatic carbocycles. The van der Waals surface area contributed by atoms with Crippen LogP contribution in [0.15, 0.2) is 54.6 Å². The van der Waals surface area contributed by atoms with Crippen molar-refractivity contribution < 1.29 is 19.2 Å². The second-order valence-corrected chi connectivity index (χ2v) is 7.48. The van der Waals surface area contributed by atoms with E-state index in [1.54, 1.807) is 34.1 Å². The van der Waals surface area contributed by atoms with Crippen LogP contribution in [0.3, 0.4) is 0 Å². The molecule has 0 aromatic heterocycles. The second-order valence-electron chi connectivity index (χ2n) is 7.48. The first-order chi connectivity index (χ1) is 14.5. The molecule has 0 aliphatic carbocycles. The Labute approximate surface area is 174 Å². The number of nitrogens with zero attached hydrogens (tertiary/aromatic N) is 3. The van der Waals surface area contributed by atoms with Crippen LogP contribution in [0.2, 0.25) is 0 Å². The van der Waals surface area contributed by atoms with E-state index in [0.29, 0.717) is 43.7 Å². The van der Waals surface area contributed by atoms with Gasteiger partial charge in [0.15, 0.2) is 0 Å². The van der Waals surface area contributed by atoms with Crippen molar-refractivity contribution in [1.29, 1.82) is 0 Å². The van der Waals surface area contributed by atoms with E-state index in [2.05, 4.69) is 0 Å². The van der Waals surface area contributed by atoms with E-state index in [1.807, 2.05) is 30.3 Å². The van der Waals surface area contributed by atoms with E-state index in [9.17, 15) is 19.2 Å². The molecule has 0 unspecified atom stereocenters. The van der Waals surface area contributed by atoms with Gasteiger partial charge in [0, 0.05) is 39.1 Å². The maximum absolute atomic E-state index is 12.6. The highest BCUT2D eigenvalue weighted by Gasteiger charge is 2.35. The van der Waals surface area contributed by atoms with Crippen LogP contribution < -0.4 is 0 Å². The zero-order valence-electron chi connectivity index (χ0n) is 16.6. The summed E-state index contributed by atoms with van der Waals surface area (Å²) in [7, 11) is 0. The smallest absolute Gasteiger partial charge is 0.261 e. The Morgan fingerprint density at radius 1 is 0.700 bits per heavy atom. The van der Waals surface area contributed by atoms with Gasteiger partial charge in [-0.15, -0.1) is 0 Å². The second kappa shape index (κ2) is 8.49. The number of fused-ring (bicyclic) bond motifs is 1. The number of amides is 4. The van der Waals surface area contributed by atoms with Crippen LogP contribution in [0.1, 0.15) is 32.7 Å². The SMILES string of the molecule is O=C(CCN1C(=O)c2ccccc2C1=O)N1CCN(C(=O)Cc2ccccc2)CC1. The molecule has 2 aliphatic rings. The number of benzene rings is 2. The van der Waals surface area contributed by atoms with Crippen molar-refractivity contribution in [2.75, 3.05) is 32.7 Å². The lowest BCUT2D eigenvalue weighted by molar-refractivity contribution is -0.139. The molecule has 1 fully saturated rings. The zero-order valence-corrected chi connectivity index (χ0v) is 16.6. The summed E-state index contributed by atoms with van der Waals surface area (Å²) in [5, 5.41) is 0. The lowest BCUT2D eigenvalue weighted by Gasteiger charge is -2.35. The first-order valence-corrected chi connectivity index (χ1v) is 10.1. The third-order valence-corrected chi connectivity index (χ3v) is 5.61. The fraction of sp³-hybridized carbons (Fsp3) is 0.304. The predicted octanol–water partition coefficient (Wildman–Crippen LogP) is 1.59. The zero-order chi connectivity index (χ0) is 21.1. The van der Waals surface area contributed by atoms with Crippen molar-refractivity contribution in [3.8, 4) is 0 Å². The van der Waals surface area contributed by atoms with Gasteiger partial charge < -0.3 is 9.80 Å². The Kier molecular flexibility index (Phi) is 5.61. The van der Waals surface area contributed by atoms with E-state index in [1.165, 1.54) is 0 Å². The van der Waals surface area contributed by atoms with Crippen molar-refractivity contribution in [3.63, 3.8) is 0 Å². The monoisotopic (exact) mass is 405 g/mol. The lowest BCUT2D eigenvalue weighted by atomic mass is 10.1. The van der Waals surface area contributed by atoms with Gasteiger partial charge in [0.1, 0.15) is 0 Å². The molecule has 0 bridgehead atoms.